The van der Waals surface area contributed by atoms with E-state index in [0.29, 0.717) is 16.8 Å². The van der Waals surface area contributed by atoms with Gasteiger partial charge in [0.1, 0.15) is 0 Å². The van der Waals surface area contributed by atoms with Gasteiger partial charge in [-0.1, -0.05) is 34.1 Å². The van der Waals surface area contributed by atoms with Crippen molar-refractivity contribution in [2.75, 3.05) is 19.4 Å². The summed E-state index contributed by atoms with van der Waals surface area (Å²) in [6.07, 6.45) is 0. The first-order valence-electron chi connectivity index (χ1n) is 7.48. The van der Waals surface area contributed by atoms with Crippen LogP contribution in [-0.4, -0.2) is 35.9 Å². The lowest BCUT2D eigenvalue weighted by molar-refractivity contribution is 0.0828. The van der Waals surface area contributed by atoms with Crippen LogP contribution in [0.3, 0.4) is 0 Å². The molecular formula is C18H18BrN3O2S. The van der Waals surface area contributed by atoms with Gasteiger partial charge in [-0.2, -0.15) is 0 Å². The zero-order valence-corrected chi connectivity index (χ0v) is 16.5. The molecule has 0 unspecified atom stereocenters. The molecule has 7 heteroatoms. The summed E-state index contributed by atoms with van der Waals surface area (Å²) < 4.78 is 0.848. The fourth-order valence-corrected chi connectivity index (χ4v) is 2.66. The Balaban J connectivity index is 2.11. The van der Waals surface area contributed by atoms with Crippen LogP contribution in [0.15, 0.2) is 46.9 Å². The molecule has 0 aliphatic carbocycles. The summed E-state index contributed by atoms with van der Waals surface area (Å²) >= 11 is 8.61. The Morgan fingerprint density at radius 3 is 2.44 bits per heavy atom. The molecule has 0 aromatic heterocycles. The number of anilines is 1. The third kappa shape index (κ3) is 4.87. The van der Waals surface area contributed by atoms with Crippen LogP contribution in [0, 0.1) is 6.92 Å². The van der Waals surface area contributed by atoms with E-state index in [4.69, 9.17) is 12.2 Å². The van der Waals surface area contributed by atoms with Crippen molar-refractivity contribution in [1.29, 1.82) is 0 Å². The lowest BCUT2D eigenvalue weighted by Crippen LogP contribution is -2.35. The fraction of sp³-hybridized carbons (Fsp3) is 0.167. The van der Waals surface area contributed by atoms with E-state index in [1.165, 1.54) is 4.90 Å². The molecule has 0 saturated carbocycles. The maximum atomic E-state index is 12.3. The van der Waals surface area contributed by atoms with Crippen LogP contribution < -0.4 is 10.6 Å². The molecule has 0 fully saturated rings. The fourth-order valence-electron chi connectivity index (χ4n) is 2.08. The third-order valence-corrected chi connectivity index (χ3v) is 4.53. The van der Waals surface area contributed by atoms with Crippen molar-refractivity contribution in [1.82, 2.24) is 10.2 Å². The quantitative estimate of drug-likeness (QED) is 0.746. The van der Waals surface area contributed by atoms with Crippen LogP contribution in [0.4, 0.5) is 5.69 Å². The number of thiocarbonyl (C=S) groups is 1. The Labute approximate surface area is 160 Å². The number of carbonyl (C=O) groups is 2. The summed E-state index contributed by atoms with van der Waals surface area (Å²) in [7, 11) is 3.35. The van der Waals surface area contributed by atoms with Crippen molar-refractivity contribution in [2.45, 2.75) is 6.92 Å². The number of nitrogens with zero attached hydrogens (tertiary/aromatic N) is 1. The second kappa shape index (κ2) is 8.22. The molecule has 0 heterocycles. The van der Waals surface area contributed by atoms with Crippen LogP contribution in [-0.2, 0) is 0 Å². The minimum atomic E-state index is -0.324. The lowest BCUT2D eigenvalue weighted by Gasteiger charge is -2.16. The Kier molecular flexibility index (Phi) is 6.27. The molecule has 0 atom stereocenters. The highest BCUT2D eigenvalue weighted by molar-refractivity contribution is 9.10. The van der Waals surface area contributed by atoms with E-state index < -0.39 is 0 Å². The lowest BCUT2D eigenvalue weighted by atomic mass is 10.1. The molecule has 2 N–H and O–H groups in total. The van der Waals surface area contributed by atoms with E-state index in [9.17, 15) is 9.59 Å². The summed E-state index contributed by atoms with van der Waals surface area (Å²) in [6.45, 7) is 1.94. The topological polar surface area (TPSA) is 61.4 Å². The Morgan fingerprint density at radius 1 is 1.12 bits per heavy atom. The van der Waals surface area contributed by atoms with Crippen molar-refractivity contribution in [3.8, 4) is 0 Å². The number of para-hydroxylation sites is 1. The van der Waals surface area contributed by atoms with E-state index in [1.54, 1.807) is 50.5 Å². The Morgan fingerprint density at radius 2 is 1.80 bits per heavy atom. The molecule has 25 heavy (non-hydrogen) atoms. The molecule has 0 spiro atoms. The third-order valence-electron chi connectivity index (χ3n) is 3.47. The Hall–Kier alpha value is -2.25. The molecule has 2 aromatic carbocycles. The highest BCUT2D eigenvalue weighted by Gasteiger charge is 2.15. The number of nitrogens with one attached hydrogen (secondary N) is 2. The molecule has 0 aliphatic rings. The van der Waals surface area contributed by atoms with E-state index in [0.717, 1.165) is 10.0 Å². The second-order valence-corrected chi connectivity index (χ2v) is 6.88. The molecule has 0 saturated heterocycles. The van der Waals surface area contributed by atoms with Crippen molar-refractivity contribution < 1.29 is 9.59 Å². The zero-order valence-electron chi connectivity index (χ0n) is 14.1. The first-order valence-corrected chi connectivity index (χ1v) is 8.69. The first-order chi connectivity index (χ1) is 11.8. The number of hydrogen-bond acceptors (Lipinski definition) is 3. The molecule has 5 nitrogen and oxygen atoms in total. The first kappa shape index (κ1) is 19.1. The standard InChI is InChI=1S/C18H18BrN3O2S/c1-11-8-9-12(10-14(11)19)16(23)21-18(25)20-15-7-5-4-6-13(15)17(24)22(2)3/h4-10H,1-3H3,(H2,20,21,23,25). The van der Waals surface area contributed by atoms with Crippen LogP contribution in [0.1, 0.15) is 26.3 Å². The van der Waals surface area contributed by atoms with Gasteiger partial charge >= 0.3 is 0 Å². The average Bonchev–Trinajstić information content (AvgIpc) is 2.56. The van der Waals surface area contributed by atoms with Gasteiger partial charge in [0.25, 0.3) is 11.8 Å². The number of amides is 2. The molecule has 2 aromatic rings. The zero-order chi connectivity index (χ0) is 18.6. The van der Waals surface area contributed by atoms with Crippen LogP contribution in [0.2, 0.25) is 0 Å². The summed E-state index contributed by atoms with van der Waals surface area (Å²) in [5.74, 6) is -0.477. The minimum absolute atomic E-state index is 0.126. The Bertz CT molecular complexity index is 837. The van der Waals surface area contributed by atoms with Crippen LogP contribution >= 0.6 is 28.1 Å². The van der Waals surface area contributed by atoms with Gasteiger partial charge in [-0.25, -0.2) is 0 Å². The minimum Gasteiger partial charge on any atom is -0.345 e. The van der Waals surface area contributed by atoms with Crippen molar-refractivity contribution in [3.05, 3.63) is 63.6 Å². The number of carbonyl (C=O) groups excluding carboxylic acids is 2. The highest BCUT2D eigenvalue weighted by Crippen LogP contribution is 2.18. The summed E-state index contributed by atoms with van der Waals surface area (Å²) in [4.78, 5) is 26.0. The van der Waals surface area contributed by atoms with E-state index in [-0.39, 0.29) is 16.9 Å². The molecule has 0 bridgehead atoms. The normalized spacial score (nSPS) is 10.1. The van der Waals surface area contributed by atoms with Crippen molar-refractivity contribution in [2.24, 2.45) is 0 Å². The molecular weight excluding hydrogens is 402 g/mol. The van der Waals surface area contributed by atoms with Gasteiger partial charge < -0.3 is 10.2 Å². The smallest absolute Gasteiger partial charge is 0.257 e. The molecule has 130 valence electrons. The van der Waals surface area contributed by atoms with Crippen molar-refractivity contribution >= 4 is 50.8 Å². The number of aryl methyl sites for hydroxylation is 1. The van der Waals surface area contributed by atoms with Gasteiger partial charge in [0, 0.05) is 24.1 Å². The number of benzene rings is 2. The molecule has 0 radical (unpaired) electrons. The van der Waals surface area contributed by atoms with E-state index in [2.05, 4.69) is 26.6 Å². The average molecular weight is 420 g/mol. The SMILES string of the molecule is Cc1ccc(C(=O)NC(=S)Nc2ccccc2C(=O)N(C)C)cc1Br. The van der Waals surface area contributed by atoms with Gasteiger partial charge in [-0.15, -0.1) is 0 Å². The van der Waals surface area contributed by atoms with Gasteiger partial charge in [0.05, 0.1) is 11.3 Å². The van der Waals surface area contributed by atoms with Crippen LogP contribution in [0.25, 0.3) is 0 Å². The maximum Gasteiger partial charge on any atom is 0.257 e. The van der Waals surface area contributed by atoms with Gasteiger partial charge in [-0.05, 0) is 49.0 Å². The molecule has 2 amide bonds. The maximum absolute atomic E-state index is 12.3. The largest absolute Gasteiger partial charge is 0.345 e. The number of hydrogen-bond donors (Lipinski definition) is 2. The van der Waals surface area contributed by atoms with E-state index in [1.807, 2.05) is 13.0 Å². The summed E-state index contributed by atoms with van der Waals surface area (Å²) in [5.41, 5.74) is 2.53. The van der Waals surface area contributed by atoms with E-state index >= 15 is 0 Å². The second-order valence-electron chi connectivity index (χ2n) is 5.62. The number of halogens is 1. The highest BCUT2D eigenvalue weighted by atomic mass is 79.9. The monoisotopic (exact) mass is 419 g/mol. The van der Waals surface area contributed by atoms with Gasteiger partial charge in [-0.3, -0.25) is 14.9 Å². The predicted octanol–water partition coefficient (Wildman–Crippen LogP) is 3.59. The van der Waals surface area contributed by atoms with Gasteiger partial charge in [0.2, 0.25) is 0 Å². The summed E-state index contributed by atoms with van der Waals surface area (Å²) in [5, 5.41) is 5.66. The summed E-state index contributed by atoms with van der Waals surface area (Å²) in [6, 6.07) is 12.3. The predicted molar refractivity (Wildman–Crippen MR) is 107 cm³/mol. The van der Waals surface area contributed by atoms with Gasteiger partial charge in [0.15, 0.2) is 5.11 Å². The molecule has 0 aliphatic heterocycles. The molecule has 2 rings (SSSR count). The number of rotatable bonds is 3. The van der Waals surface area contributed by atoms with Crippen LogP contribution in [0.5, 0.6) is 0 Å². The van der Waals surface area contributed by atoms with Crippen molar-refractivity contribution in [3.63, 3.8) is 0 Å².